The summed E-state index contributed by atoms with van der Waals surface area (Å²) in [6.07, 6.45) is 2.06. The number of amides is 1. The zero-order valence-corrected chi connectivity index (χ0v) is 15.9. The van der Waals surface area contributed by atoms with Crippen LogP contribution in [0.15, 0.2) is 24.3 Å². The minimum Gasteiger partial charge on any atom is -0.497 e. The molecule has 6 heteroatoms. The average Bonchev–Trinajstić information content (AvgIpc) is 2.54. The van der Waals surface area contributed by atoms with Gasteiger partial charge < -0.3 is 20.3 Å². The standard InChI is InChI=1S/C18H29N3O2.ClH/c1-13-8-9-19-16(10-13)18(22)20-12-17(21(2)3)14-6-5-7-15(11-14)23-4;/h5-7,11,13,16-17,19H,8-10,12H2,1-4H3,(H,20,22);1H. The van der Waals surface area contributed by atoms with Gasteiger partial charge in [0.25, 0.3) is 0 Å². The van der Waals surface area contributed by atoms with Crippen LogP contribution in [0.3, 0.4) is 0 Å². The number of piperidine rings is 1. The molecule has 0 bridgehead atoms. The molecule has 0 aromatic heterocycles. The summed E-state index contributed by atoms with van der Waals surface area (Å²) in [5.74, 6) is 1.55. The van der Waals surface area contributed by atoms with Crippen molar-refractivity contribution in [3.8, 4) is 5.75 Å². The summed E-state index contributed by atoms with van der Waals surface area (Å²) in [6, 6.07) is 8.07. The molecule has 1 aromatic rings. The molecular formula is C18H30ClN3O2. The normalized spacial score (nSPS) is 21.7. The maximum Gasteiger partial charge on any atom is 0.237 e. The molecular weight excluding hydrogens is 326 g/mol. The van der Waals surface area contributed by atoms with E-state index < -0.39 is 0 Å². The number of rotatable bonds is 6. The van der Waals surface area contributed by atoms with Crippen LogP contribution in [0.4, 0.5) is 0 Å². The van der Waals surface area contributed by atoms with Crippen LogP contribution in [0.5, 0.6) is 5.75 Å². The van der Waals surface area contributed by atoms with Crippen LogP contribution in [-0.2, 0) is 4.79 Å². The number of halogens is 1. The summed E-state index contributed by atoms with van der Waals surface area (Å²) in [5, 5.41) is 6.42. The molecule has 2 N–H and O–H groups in total. The summed E-state index contributed by atoms with van der Waals surface area (Å²) in [4.78, 5) is 14.5. The van der Waals surface area contributed by atoms with Gasteiger partial charge >= 0.3 is 0 Å². The largest absolute Gasteiger partial charge is 0.497 e. The topological polar surface area (TPSA) is 53.6 Å². The van der Waals surface area contributed by atoms with Gasteiger partial charge in [-0.05, 0) is 57.1 Å². The highest BCUT2D eigenvalue weighted by atomic mass is 35.5. The number of ether oxygens (including phenoxy) is 1. The Bertz CT molecular complexity index is 525. The van der Waals surface area contributed by atoms with Gasteiger partial charge in [-0.3, -0.25) is 4.79 Å². The summed E-state index contributed by atoms with van der Waals surface area (Å²) < 4.78 is 5.30. The summed E-state index contributed by atoms with van der Waals surface area (Å²) in [6.45, 7) is 3.72. The molecule has 5 nitrogen and oxygen atoms in total. The Morgan fingerprint density at radius 3 is 2.83 bits per heavy atom. The Hall–Kier alpha value is -1.30. The van der Waals surface area contributed by atoms with Gasteiger partial charge in [-0.1, -0.05) is 19.1 Å². The van der Waals surface area contributed by atoms with Crippen molar-refractivity contribution in [2.24, 2.45) is 5.92 Å². The lowest BCUT2D eigenvalue weighted by Gasteiger charge is -2.29. The minimum absolute atomic E-state index is 0. The molecule has 24 heavy (non-hydrogen) atoms. The van der Waals surface area contributed by atoms with Gasteiger partial charge in [-0.25, -0.2) is 0 Å². The Labute approximate surface area is 151 Å². The maximum atomic E-state index is 12.4. The van der Waals surface area contributed by atoms with Gasteiger partial charge in [0.1, 0.15) is 5.75 Å². The third kappa shape index (κ3) is 5.65. The smallest absolute Gasteiger partial charge is 0.237 e. The number of nitrogens with one attached hydrogen (secondary N) is 2. The van der Waals surface area contributed by atoms with Crippen molar-refractivity contribution in [1.82, 2.24) is 15.5 Å². The highest BCUT2D eigenvalue weighted by Crippen LogP contribution is 2.22. The molecule has 1 aliphatic heterocycles. The van der Waals surface area contributed by atoms with E-state index in [1.807, 2.05) is 32.3 Å². The Morgan fingerprint density at radius 1 is 1.46 bits per heavy atom. The van der Waals surface area contributed by atoms with E-state index >= 15 is 0 Å². The van der Waals surface area contributed by atoms with E-state index in [9.17, 15) is 4.79 Å². The molecule has 0 saturated carbocycles. The highest BCUT2D eigenvalue weighted by molar-refractivity contribution is 5.85. The molecule has 0 aliphatic carbocycles. The Balaban J connectivity index is 0.00000288. The predicted octanol–water partition coefficient (Wildman–Crippen LogP) is 2.22. The third-order valence-corrected chi connectivity index (χ3v) is 4.55. The molecule has 1 heterocycles. The van der Waals surface area contributed by atoms with Crippen LogP contribution in [-0.4, -0.2) is 51.1 Å². The van der Waals surface area contributed by atoms with Crippen LogP contribution in [0.25, 0.3) is 0 Å². The minimum atomic E-state index is -0.0631. The molecule has 136 valence electrons. The fourth-order valence-corrected chi connectivity index (χ4v) is 3.08. The lowest BCUT2D eigenvalue weighted by atomic mass is 9.94. The van der Waals surface area contributed by atoms with Crippen molar-refractivity contribution in [3.05, 3.63) is 29.8 Å². The zero-order valence-electron chi connectivity index (χ0n) is 15.0. The quantitative estimate of drug-likeness (QED) is 0.821. The number of carbonyl (C=O) groups is 1. The van der Waals surface area contributed by atoms with Crippen LogP contribution in [0.2, 0.25) is 0 Å². The lowest BCUT2D eigenvalue weighted by Crippen LogP contribution is -2.49. The average molecular weight is 356 g/mol. The molecule has 1 amide bonds. The Morgan fingerprint density at radius 2 is 2.21 bits per heavy atom. The first kappa shape index (κ1) is 20.7. The van der Waals surface area contributed by atoms with Crippen molar-refractivity contribution in [2.45, 2.75) is 31.8 Å². The zero-order chi connectivity index (χ0) is 16.8. The van der Waals surface area contributed by atoms with Crippen LogP contribution >= 0.6 is 12.4 Å². The van der Waals surface area contributed by atoms with E-state index in [0.717, 1.165) is 30.7 Å². The van der Waals surface area contributed by atoms with Crippen molar-refractivity contribution in [3.63, 3.8) is 0 Å². The van der Waals surface area contributed by atoms with E-state index in [4.69, 9.17) is 4.74 Å². The molecule has 1 saturated heterocycles. The van der Waals surface area contributed by atoms with Gasteiger partial charge in [-0.15, -0.1) is 12.4 Å². The van der Waals surface area contributed by atoms with E-state index in [2.05, 4.69) is 28.5 Å². The van der Waals surface area contributed by atoms with Gasteiger partial charge in [0.2, 0.25) is 5.91 Å². The van der Waals surface area contributed by atoms with Crippen LogP contribution in [0.1, 0.15) is 31.4 Å². The molecule has 1 aromatic carbocycles. The fourth-order valence-electron chi connectivity index (χ4n) is 3.08. The number of benzene rings is 1. The van der Waals surface area contributed by atoms with Crippen molar-refractivity contribution >= 4 is 18.3 Å². The fraction of sp³-hybridized carbons (Fsp3) is 0.611. The number of hydrogen-bond acceptors (Lipinski definition) is 4. The second-order valence-electron chi connectivity index (χ2n) is 6.64. The number of likely N-dealkylation sites (N-methyl/N-ethyl adjacent to an activating group) is 1. The molecule has 0 spiro atoms. The van der Waals surface area contributed by atoms with Crippen molar-refractivity contribution < 1.29 is 9.53 Å². The number of hydrogen-bond donors (Lipinski definition) is 2. The first-order valence-corrected chi connectivity index (χ1v) is 8.32. The highest BCUT2D eigenvalue weighted by Gasteiger charge is 2.25. The van der Waals surface area contributed by atoms with E-state index in [1.54, 1.807) is 7.11 Å². The monoisotopic (exact) mass is 355 g/mol. The second kappa shape index (κ2) is 9.87. The SMILES string of the molecule is COc1cccc(C(CNC(=O)C2CC(C)CCN2)N(C)C)c1.Cl. The number of carbonyl (C=O) groups excluding carboxylic acids is 1. The van der Waals surface area contributed by atoms with Crippen molar-refractivity contribution in [1.29, 1.82) is 0 Å². The van der Waals surface area contributed by atoms with E-state index in [1.165, 1.54) is 0 Å². The van der Waals surface area contributed by atoms with E-state index in [-0.39, 0.29) is 30.4 Å². The van der Waals surface area contributed by atoms with Gasteiger partial charge in [0, 0.05) is 6.54 Å². The first-order valence-electron chi connectivity index (χ1n) is 8.32. The summed E-state index contributed by atoms with van der Waals surface area (Å²) in [7, 11) is 5.72. The summed E-state index contributed by atoms with van der Waals surface area (Å²) in [5.41, 5.74) is 1.14. The van der Waals surface area contributed by atoms with Gasteiger partial charge in [0.15, 0.2) is 0 Å². The maximum absolute atomic E-state index is 12.4. The number of methoxy groups -OCH3 is 1. The second-order valence-corrected chi connectivity index (χ2v) is 6.64. The molecule has 1 fully saturated rings. The van der Waals surface area contributed by atoms with Crippen molar-refractivity contribution in [2.75, 3.05) is 34.3 Å². The predicted molar refractivity (Wildman–Crippen MR) is 99.9 cm³/mol. The molecule has 2 rings (SSSR count). The van der Waals surface area contributed by atoms with Crippen LogP contribution < -0.4 is 15.4 Å². The summed E-state index contributed by atoms with van der Waals surface area (Å²) >= 11 is 0. The molecule has 1 aliphatic rings. The number of nitrogens with zero attached hydrogens (tertiary/aromatic N) is 1. The molecule has 3 atom stereocenters. The van der Waals surface area contributed by atoms with E-state index in [0.29, 0.717) is 12.5 Å². The molecule has 3 unspecified atom stereocenters. The van der Waals surface area contributed by atoms with Gasteiger partial charge in [0.05, 0.1) is 19.2 Å². The lowest BCUT2D eigenvalue weighted by molar-refractivity contribution is -0.124. The third-order valence-electron chi connectivity index (χ3n) is 4.55. The van der Waals surface area contributed by atoms with Gasteiger partial charge in [-0.2, -0.15) is 0 Å². The van der Waals surface area contributed by atoms with Crippen LogP contribution in [0, 0.1) is 5.92 Å². The first-order chi connectivity index (χ1) is 11.0. The molecule has 0 radical (unpaired) electrons. The Kier molecular flexibility index (Phi) is 8.53.